The summed E-state index contributed by atoms with van der Waals surface area (Å²) >= 11 is 12.7. The van der Waals surface area contributed by atoms with E-state index in [0.29, 0.717) is 13.0 Å². The van der Waals surface area contributed by atoms with Gasteiger partial charge in [0.15, 0.2) is 0 Å². The number of carbonyl (C=O) groups is 2. The maximum absolute atomic E-state index is 13.9. The normalized spacial score (nSPS) is 12.0. The lowest BCUT2D eigenvalue weighted by Gasteiger charge is -2.33. The fourth-order valence-corrected chi connectivity index (χ4v) is 5.91. The summed E-state index contributed by atoms with van der Waals surface area (Å²) < 4.78 is 28.6. The first-order valence-electron chi connectivity index (χ1n) is 12.2. The van der Waals surface area contributed by atoms with E-state index in [1.807, 2.05) is 38.1 Å². The second kappa shape index (κ2) is 13.1. The lowest BCUT2D eigenvalue weighted by molar-refractivity contribution is -0.140. The number of sulfonamides is 1. The largest absolute Gasteiger partial charge is 0.355 e. The first-order valence-corrected chi connectivity index (χ1v) is 14.4. The fourth-order valence-electron chi connectivity index (χ4n) is 4.02. The lowest BCUT2D eigenvalue weighted by atomic mass is 10.1. The van der Waals surface area contributed by atoms with Gasteiger partial charge in [0, 0.05) is 13.1 Å². The van der Waals surface area contributed by atoms with Crippen molar-refractivity contribution in [3.05, 3.63) is 94.0 Å². The zero-order valence-corrected chi connectivity index (χ0v) is 23.9. The third-order valence-corrected chi connectivity index (χ3v) is 8.60. The molecule has 1 atom stereocenters. The minimum absolute atomic E-state index is 0.00215. The number of carbonyl (C=O) groups excluding carboxylic acids is 2. The molecule has 0 saturated heterocycles. The molecular weight excluding hydrogens is 545 g/mol. The Morgan fingerprint density at radius 1 is 0.921 bits per heavy atom. The van der Waals surface area contributed by atoms with Gasteiger partial charge in [-0.05, 0) is 50.1 Å². The summed E-state index contributed by atoms with van der Waals surface area (Å²) in [5.74, 6) is -0.868. The summed E-state index contributed by atoms with van der Waals surface area (Å²) in [5, 5.41) is 2.93. The Balaban J connectivity index is 2.09. The molecule has 1 N–H and O–H groups in total. The SMILES string of the molecule is CCNC(=O)[C@H](CC)N(Cc1ccc(C)cc1)C(=O)CN(c1cccc(Cl)c1Cl)S(=O)(=O)c1ccccc1. The van der Waals surface area contributed by atoms with E-state index in [-0.39, 0.29) is 33.1 Å². The van der Waals surface area contributed by atoms with Crippen LogP contribution in [-0.2, 0) is 26.2 Å². The van der Waals surface area contributed by atoms with Gasteiger partial charge in [-0.3, -0.25) is 13.9 Å². The van der Waals surface area contributed by atoms with Crippen LogP contribution in [0.1, 0.15) is 31.4 Å². The molecule has 7 nitrogen and oxygen atoms in total. The van der Waals surface area contributed by atoms with Crippen molar-refractivity contribution in [2.75, 3.05) is 17.4 Å². The van der Waals surface area contributed by atoms with Gasteiger partial charge in [0.05, 0.1) is 20.6 Å². The molecule has 0 aromatic heterocycles. The van der Waals surface area contributed by atoms with Crippen LogP contribution in [0.4, 0.5) is 5.69 Å². The molecule has 2 amide bonds. The van der Waals surface area contributed by atoms with Gasteiger partial charge in [0.2, 0.25) is 11.8 Å². The number of aryl methyl sites for hydroxylation is 1. The number of amides is 2. The molecule has 3 rings (SSSR count). The number of rotatable bonds is 11. The van der Waals surface area contributed by atoms with E-state index < -0.39 is 28.5 Å². The van der Waals surface area contributed by atoms with Crippen molar-refractivity contribution in [2.24, 2.45) is 0 Å². The van der Waals surface area contributed by atoms with Crippen molar-refractivity contribution >= 4 is 50.7 Å². The Kier molecular flexibility index (Phi) is 10.2. The van der Waals surface area contributed by atoms with Crippen molar-refractivity contribution in [3.63, 3.8) is 0 Å². The summed E-state index contributed by atoms with van der Waals surface area (Å²) in [6.45, 7) is 5.50. The Morgan fingerprint density at radius 2 is 1.58 bits per heavy atom. The average Bonchev–Trinajstić information content (AvgIpc) is 2.90. The van der Waals surface area contributed by atoms with E-state index in [2.05, 4.69) is 5.32 Å². The minimum atomic E-state index is -4.22. The molecule has 3 aromatic rings. The van der Waals surface area contributed by atoms with Crippen LogP contribution in [0.25, 0.3) is 0 Å². The van der Waals surface area contributed by atoms with Gasteiger partial charge < -0.3 is 10.2 Å². The second-order valence-electron chi connectivity index (χ2n) is 8.72. The first kappa shape index (κ1) is 29.5. The third-order valence-electron chi connectivity index (χ3n) is 6.02. The van der Waals surface area contributed by atoms with E-state index in [0.717, 1.165) is 15.4 Å². The van der Waals surface area contributed by atoms with E-state index in [1.165, 1.54) is 29.2 Å². The summed E-state index contributed by atoms with van der Waals surface area (Å²) in [6, 6.07) is 19.2. The number of anilines is 1. The van der Waals surface area contributed by atoms with Gasteiger partial charge in [-0.15, -0.1) is 0 Å². The Bertz CT molecular complexity index is 1370. The van der Waals surface area contributed by atoms with Gasteiger partial charge in [-0.1, -0.05) is 84.2 Å². The molecule has 0 fully saturated rings. The molecule has 0 bridgehead atoms. The maximum atomic E-state index is 13.9. The van der Waals surface area contributed by atoms with E-state index in [4.69, 9.17) is 23.2 Å². The molecule has 10 heteroatoms. The highest BCUT2D eigenvalue weighted by Gasteiger charge is 2.34. The number of halogens is 2. The molecule has 0 aliphatic heterocycles. The van der Waals surface area contributed by atoms with Crippen LogP contribution < -0.4 is 9.62 Å². The predicted molar refractivity (Wildman–Crippen MR) is 152 cm³/mol. The molecule has 0 heterocycles. The van der Waals surface area contributed by atoms with Gasteiger partial charge in [-0.2, -0.15) is 0 Å². The van der Waals surface area contributed by atoms with Crippen LogP contribution in [0, 0.1) is 6.92 Å². The molecule has 0 aliphatic carbocycles. The quantitative estimate of drug-likeness (QED) is 0.330. The highest BCUT2D eigenvalue weighted by atomic mass is 35.5. The molecular formula is C28H31Cl2N3O4S. The van der Waals surface area contributed by atoms with Gasteiger partial charge in [0.25, 0.3) is 10.0 Å². The summed E-state index contributed by atoms with van der Waals surface area (Å²) in [7, 11) is -4.22. The number of nitrogens with one attached hydrogen (secondary N) is 1. The van der Waals surface area contributed by atoms with E-state index >= 15 is 0 Å². The maximum Gasteiger partial charge on any atom is 0.264 e. The standard InChI is InChI=1S/C28H31Cl2N3O4S/c1-4-24(28(35)31-5-2)32(18-21-16-14-20(3)15-17-21)26(34)19-33(25-13-9-12-23(29)27(25)30)38(36,37)22-10-7-6-8-11-22/h6-17,24H,4-5,18-19H2,1-3H3,(H,31,35)/t24-/m0/s1. The number of hydrogen-bond donors (Lipinski definition) is 1. The molecule has 202 valence electrons. The smallest absolute Gasteiger partial charge is 0.264 e. The second-order valence-corrected chi connectivity index (χ2v) is 11.4. The Morgan fingerprint density at radius 3 is 2.18 bits per heavy atom. The lowest BCUT2D eigenvalue weighted by Crippen LogP contribution is -2.52. The van der Waals surface area contributed by atoms with Gasteiger partial charge in [0.1, 0.15) is 12.6 Å². The molecule has 0 aliphatic rings. The Labute approximate surface area is 234 Å². The molecule has 0 spiro atoms. The number of likely N-dealkylation sites (N-methyl/N-ethyl adjacent to an activating group) is 1. The average molecular weight is 577 g/mol. The van der Waals surface area contributed by atoms with Crippen LogP contribution in [0.3, 0.4) is 0 Å². The van der Waals surface area contributed by atoms with Crippen molar-refractivity contribution in [1.82, 2.24) is 10.2 Å². The molecule has 38 heavy (non-hydrogen) atoms. The fraction of sp³-hybridized carbons (Fsp3) is 0.286. The summed E-state index contributed by atoms with van der Waals surface area (Å²) in [6.07, 6.45) is 0.340. The van der Waals surface area contributed by atoms with Crippen LogP contribution in [0.15, 0.2) is 77.7 Å². The highest BCUT2D eigenvalue weighted by molar-refractivity contribution is 7.92. The zero-order valence-electron chi connectivity index (χ0n) is 21.5. The molecule has 0 radical (unpaired) electrons. The van der Waals surface area contributed by atoms with Crippen LogP contribution in [-0.4, -0.2) is 44.3 Å². The monoisotopic (exact) mass is 575 g/mol. The molecule has 0 unspecified atom stereocenters. The highest BCUT2D eigenvalue weighted by Crippen LogP contribution is 2.35. The topological polar surface area (TPSA) is 86.8 Å². The van der Waals surface area contributed by atoms with Gasteiger partial charge in [-0.25, -0.2) is 8.42 Å². The first-order chi connectivity index (χ1) is 18.1. The van der Waals surface area contributed by atoms with Crippen LogP contribution in [0.2, 0.25) is 10.0 Å². The molecule has 0 saturated carbocycles. The molecule has 3 aromatic carbocycles. The van der Waals surface area contributed by atoms with Crippen molar-refractivity contribution in [3.8, 4) is 0 Å². The number of benzene rings is 3. The number of hydrogen-bond acceptors (Lipinski definition) is 4. The van der Waals surface area contributed by atoms with Crippen molar-refractivity contribution < 1.29 is 18.0 Å². The van der Waals surface area contributed by atoms with Gasteiger partial charge >= 0.3 is 0 Å². The minimum Gasteiger partial charge on any atom is -0.355 e. The Hall–Kier alpha value is -3.07. The summed E-state index contributed by atoms with van der Waals surface area (Å²) in [4.78, 5) is 28.3. The van der Waals surface area contributed by atoms with E-state index in [9.17, 15) is 18.0 Å². The van der Waals surface area contributed by atoms with E-state index in [1.54, 1.807) is 31.2 Å². The van der Waals surface area contributed by atoms with Crippen molar-refractivity contribution in [1.29, 1.82) is 0 Å². The van der Waals surface area contributed by atoms with Crippen LogP contribution in [0.5, 0.6) is 0 Å². The number of nitrogens with zero attached hydrogens (tertiary/aromatic N) is 2. The third kappa shape index (κ3) is 6.87. The van der Waals surface area contributed by atoms with Crippen molar-refractivity contribution in [2.45, 2.75) is 44.7 Å². The predicted octanol–water partition coefficient (Wildman–Crippen LogP) is 5.44. The van der Waals surface area contributed by atoms with Crippen LogP contribution >= 0.6 is 23.2 Å². The zero-order chi connectivity index (χ0) is 27.9. The summed E-state index contributed by atoms with van der Waals surface area (Å²) in [5.41, 5.74) is 1.93.